The molecule has 0 N–H and O–H groups in total. The van der Waals surface area contributed by atoms with E-state index in [9.17, 15) is 9.59 Å². The van der Waals surface area contributed by atoms with Crippen LogP contribution in [0.1, 0.15) is 29.6 Å². The second-order valence-electron chi connectivity index (χ2n) is 6.06. The van der Waals surface area contributed by atoms with Crippen LogP contribution in [0.2, 0.25) is 0 Å². The second kappa shape index (κ2) is 7.61. The molecule has 0 radical (unpaired) electrons. The van der Waals surface area contributed by atoms with Gasteiger partial charge in [-0.15, -0.1) is 0 Å². The lowest BCUT2D eigenvalue weighted by atomic mass is 10.2. The van der Waals surface area contributed by atoms with Crippen molar-refractivity contribution in [1.29, 1.82) is 0 Å². The highest BCUT2D eigenvalue weighted by Gasteiger charge is 2.29. The van der Waals surface area contributed by atoms with Gasteiger partial charge in [-0.05, 0) is 31.4 Å². The molecule has 130 valence electrons. The number of ether oxygens (including phenoxy) is 2. The molecule has 2 aliphatic heterocycles. The maximum Gasteiger partial charge on any atom is 0.338 e. The summed E-state index contributed by atoms with van der Waals surface area (Å²) < 4.78 is 10.3. The molecule has 3 rings (SSSR count). The molecule has 1 amide bonds. The molecule has 7 heteroatoms. The summed E-state index contributed by atoms with van der Waals surface area (Å²) in [5, 5.41) is 0. The van der Waals surface area contributed by atoms with Gasteiger partial charge in [0.05, 0.1) is 12.7 Å². The van der Waals surface area contributed by atoms with E-state index in [0.717, 1.165) is 38.2 Å². The number of anilines is 1. The minimum Gasteiger partial charge on any atom is -0.465 e. The Morgan fingerprint density at radius 1 is 1.25 bits per heavy atom. The summed E-state index contributed by atoms with van der Waals surface area (Å²) in [6.45, 7) is 3.54. The molecule has 7 nitrogen and oxygen atoms in total. The zero-order chi connectivity index (χ0) is 16.9. The summed E-state index contributed by atoms with van der Waals surface area (Å²) in [7, 11) is 1.36. The fraction of sp³-hybridized carbons (Fsp3) is 0.588. The number of hydrogen-bond donors (Lipinski definition) is 0. The van der Waals surface area contributed by atoms with Crippen LogP contribution in [0.15, 0.2) is 18.3 Å². The Balaban J connectivity index is 1.65. The van der Waals surface area contributed by atoms with Crippen LogP contribution in [-0.4, -0.2) is 67.8 Å². The van der Waals surface area contributed by atoms with Crippen molar-refractivity contribution in [3.05, 3.63) is 23.9 Å². The Labute approximate surface area is 141 Å². The third kappa shape index (κ3) is 3.67. The van der Waals surface area contributed by atoms with Gasteiger partial charge < -0.3 is 19.3 Å². The summed E-state index contributed by atoms with van der Waals surface area (Å²) in [4.78, 5) is 32.5. The van der Waals surface area contributed by atoms with Crippen LogP contribution in [0, 0.1) is 0 Å². The van der Waals surface area contributed by atoms with Crippen LogP contribution < -0.4 is 4.90 Å². The number of hydrogen-bond acceptors (Lipinski definition) is 6. The largest absolute Gasteiger partial charge is 0.465 e. The first-order chi connectivity index (χ1) is 11.7. The molecule has 0 spiro atoms. The van der Waals surface area contributed by atoms with Crippen molar-refractivity contribution in [2.75, 3.05) is 44.8 Å². The van der Waals surface area contributed by atoms with Crippen molar-refractivity contribution in [1.82, 2.24) is 9.88 Å². The van der Waals surface area contributed by atoms with Crippen molar-refractivity contribution in [2.24, 2.45) is 0 Å². The average molecular weight is 333 g/mol. The zero-order valence-electron chi connectivity index (χ0n) is 13.9. The molecule has 24 heavy (non-hydrogen) atoms. The Kier molecular flexibility index (Phi) is 5.30. The van der Waals surface area contributed by atoms with Crippen LogP contribution in [0.25, 0.3) is 0 Å². The van der Waals surface area contributed by atoms with E-state index in [0.29, 0.717) is 25.3 Å². The smallest absolute Gasteiger partial charge is 0.338 e. The van der Waals surface area contributed by atoms with E-state index in [-0.39, 0.29) is 18.0 Å². The Hall–Kier alpha value is -2.15. The van der Waals surface area contributed by atoms with Gasteiger partial charge in [0.2, 0.25) is 0 Å². The normalized spacial score (nSPS) is 21.5. The molecule has 3 heterocycles. The molecule has 2 aliphatic rings. The van der Waals surface area contributed by atoms with Gasteiger partial charge in [-0.3, -0.25) is 4.79 Å². The molecule has 0 aliphatic carbocycles. The molecule has 2 saturated heterocycles. The molecular formula is C17H23N3O4. The van der Waals surface area contributed by atoms with E-state index in [4.69, 9.17) is 9.47 Å². The lowest BCUT2D eigenvalue weighted by Gasteiger charge is -2.24. The van der Waals surface area contributed by atoms with E-state index in [2.05, 4.69) is 9.88 Å². The van der Waals surface area contributed by atoms with E-state index < -0.39 is 0 Å². The summed E-state index contributed by atoms with van der Waals surface area (Å²) in [5.41, 5.74) is 0.485. The topological polar surface area (TPSA) is 72.0 Å². The minimum absolute atomic E-state index is 0.102. The number of esters is 1. The monoisotopic (exact) mass is 333 g/mol. The molecule has 1 aromatic rings. The molecular weight excluding hydrogens is 310 g/mol. The van der Waals surface area contributed by atoms with E-state index in [1.54, 1.807) is 18.3 Å². The molecule has 2 fully saturated rings. The van der Waals surface area contributed by atoms with Gasteiger partial charge >= 0.3 is 5.97 Å². The Bertz CT molecular complexity index is 601. The Morgan fingerprint density at radius 3 is 2.88 bits per heavy atom. The number of methoxy groups -OCH3 is 1. The summed E-state index contributed by atoms with van der Waals surface area (Å²) in [6, 6.07) is 3.38. The first kappa shape index (κ1) is 16.7. The zero-order valence-corrected chi connectivity index (χ0v) is 13.9. The lowest BCUT2D eigenvalue weighted by molar-refractivity contribution is -0.140. The average Bonchev–Trinajstić information content (AvgIpc) is 3.05. The third-order valence-corrected chi connectivity index (χ3v) is 4.50. The van der Waals surface area contributed by atoms with Crippen molar-refractivity contribution >= 4 is 17.7 Å². The molecule has 0 unspecified atom stereocenters. The van der Waals surface area contributed by atoms with Crippen molar-refractivity contribution in [2.45, 2.75) is 25.4 Å². The quantitative estimate of drug-likeness (QED) is 0.771. The number of nitrogens with zero attached hydrogens (tertiary/aromatic N) is 3. The van der Waals surface area contributed by atoms with Gasteiger partial charge in [-0.1, -0.05) is 0 Å². The lowest BCUT2D eigenvalue weighted by Crippen LogP contribution is -2.41. The second-order valence-corrected chi connectivity index (χ2v) is 6.06. The van der Waals surface area contributed by atoms with Crippen molar-refractivity contribution < 1.29 is 19.1 Å². The maximum atomic E-state index is 12.5. The van der Waals surface area contributed by atoms with Gasteiger partial charge in [-0.25, -0.2) is 9.78 Å². The van der Waals surface area contributed by atoms with E-state index in [1.165, 1.54) is 7.11 Å². The van der Waals surface area contributed by atoms with Crippen molar-refractivity contribution in [3.63, 3.8) is 0 Å². The number of aromatic nitrogens is 1. The maximum absolute atomic E-state index is 12.5. The molecule has 0 saturated carbocycles. The Morgan fingerprint density at radius 2 is 2.12 bits per heavy atom. The van der Waals surface area contributed by atoms with Crippen LogP contribution in [0.5, 0.6) is 0 Å². The van der Waals surface area contributed by atoms with Gasteiger partial charge in [0.15, 0.2) is 0 Å². The predicted molar refractivity (Wildman–Crippen MR) is 88.0 cm³/mol. The van der Waals surface area contributed by atoms with Gasteiger partial charge in [0.1, 0.15) is 11.9 Å². The first-order valence-electron chi connectivity index (χ1n) is 8.39. The number of carbonyl (C=O) groups excluding carboxylic acids is 2. The fourth-order valence-corrected chi connectivity index (χ4v) is 3.18. The molecule has 0 aromatic carbocycles. The number of pyridine rings is 1. The van der Waals surface area contributed by atoms with Gasteiger partial charge in [0.25, 0.3) is 5.91 Å². The van der Waals surface area contributed by atoms with E-state index in [1.807, 2.05) is 4.90 Å². The van der Waals surface area contributed by atoms with Crippen LogP contribution in [-0.2, 0) is 14.3 Å². The predicted octanol–water partition coefficient (Wildman–Crippen LogP) is 1.09. The molecule has 0 bridgehead atoms. The van der Waals surface area contributed by atoms with Crippen LogP contribution in [0.3, 0.4) is 0 Å². The van der Waals surface area contributed by atoms with E-state index >= 15 is 0 Å². The van der Waals surface area contributed by atoms with Gasteiger partial charge in [-0.2, -0.15) is 0 Å². The third-order valence-electron chi connectivity index (χ3n) is 4.50. The highest BCUT2D eigenvalue weighted by atomic mass is 16.5. The van der Waals surface area contributed by atoms with Crippen LogP contribution in [0.4, 0.5) is 5.82 Å². The first-order valence-corrected chi connectivity index (χ1v) is 8.39. The highest BCUT2D eigenvalue weighted by molar-refractivity contribution is 5.90. The summed E-state index contributed by atoms with van der Waals surface area (Å²) in [5.74, 6) is 0.471. The fourth-order valence-electron chi connectivity index (χ4n) is 3.18. The SMILES string of the molecule is COC(=O)c1ccnc(N2CCCN(C(=O)[C@@H]3CCCO3)CC2)c1. The highest BCUT2D eigenvalue weighted by Crippen LogP contribution is 2.19. The van der Waals surface area contributed by atoms with Crippen LogP contribution >= 0.6 is 0 Å². The van der Waals surface area contributed by atoms with Gasteiger partial charge in [0, 0.05) is 39.0 Å². The van der Waals surface area contributed by atoms with Crippen molar-refractivity contribution in [3.8, 4) is 0 Å². The molecule has 1 atom stereocenters. The minimum atomic E-state index is -0.372. The number of carbonyl (C=O) groups is 2. The molecule has 1 aromatic heterocycles. The summed E-state index contributed by atoms with van der Waals surface area (Å²) in [6.07, 6.45) is 3.99. The standard InChI is InChI=1S/C17H23N3O4/c1-23-17(22)13-5-6-18-15(12-13)19-7-3-8-20(10-9-19)16(21)14-4-2-11-24-14/h5-6,12,14H,2-4,7-11H2,1H3/t14-/m0/s1. The summed E-state index contributed by atoms with van der Waals surface area (Å²) >= 11 is 0. The number of amides is 1. The number of rotatable bonds is 3.